The van der Waals surface area contributed by atoms with Gasteiger partial charge >= 0.3 is 0 Å². The third-order valence-electron chi connectivity index (χ3n) is 5.08. The molecule has 7 heteroatoms. The van der Waals surface area contributed by atoms with Crippen molar-refractivity contribution in [1.29, 1.82) is 0 Å². The number of fused-ring (bicyclic) bond motifs is 1. The molecule has 1 aromatic carbocycles. The van der Waals surface area contributed by atoms with Gasteiger partial charge in [0.15, 0.2) is 0 Å². The second-order valence-corrected chi connectivity index (χ2v) is 6.99. The Hall–Kier alpha value is -2.41. The summed E-state index contributed by atoms with van der Waals surface area (Å²) in [6, 6.07) is 7.93. The molecule has 2 N–H and O–H groups in total. The molecule has 6 nitrogen and oxygen atoms in total. The molecule has 0 radical (unpaired) electrons. The number of carbonyl (C=O) groups excluding carboxylic acids is 2. The largest absolute Gasteiger partial charge is 0.383 e. The first-order valence-electron chi connectivity index (χ1n) is 9.32. The summed E-state index contributed by atoms with van der Waals surface area (Å²) in [5.41, 5.74) is 0.0795. The molecule has 2 heterocycles. The number of alkyl halides is 1. The van der Waals surface area contributed by atoms with E-state index in [1.165, 1.54) is 12.0 Å². The van der Waals surface area contributed by atoms with Crippen LogP contribution in [0.25, 0.3) is 10.9 Å². The molecular formula is C20H26FN3O3. The van der Waals surface area contributed by atoms with Crippen molar-refractivity contribution in [1.82, 2.24) is 15.2 Å². The van der Waals surface area contributed by atoms with Crippen molar-refractivity contribution in [2.75, 3.05) is 33.4 Å². The van der Waals surface area contributed by atoms with Gasteiger partial charge in [-0.2, -0.15) is 0 Å². The predicted octanol–water partition coefficient (Wildman–Crippen LogP) is 2.19. The number of piperidine rings is 1. The van der Waals surface area contributed by atoms with Crippen molar-refractivity contribution >= 4 is 22.7 Å². The molecule has 3 rings (SSSR count). The summed E-state index contributed by atoms with van der Waals surface area (Å²) in [6.45, 7) is 0.896. The number of nitrogens with zero attached hydrogens (tertiary/aromatic N) is 1. The Balaban J connectivity index is 1.57. The van der Waals surface area contributed by atoms with Crippen LogP contribution in [-0.2, 0) is 20.7 Å². The number of nitrogens with one attached hydrogen (secondary N) is 2. The van der Waals surface area contributed by atoms with E-state index in [-0.39, 0.29) is 25.4 Å². The number of halogens is 1. The number of benzene rings is 1. The van der Waals surface area contributed by atoms with Crippen LogP contribution >= 0.6 is 0 Å². The van der Waals surface area contributed by atoms with E-state index in [1.807, 2.05) is 30.5 Å². The Morgan fingerprint density at radius 3 is 3.00 bits per heavy atom. The Morgan fingerprint density at radius 1 is 1.37 bits per heavy atom. The summed E-state index contributed by atoms with van der Waals surface area (Å²) in [5.74, 6) is -0.777. The number of rotatable bonds is 7. The Bertz CT molecular complexity index is 807. The van der Waals surface area contributed by atoms with E-state index >= 15 is 4.39 Å². The van der Waals surface area contributed by atoms with Crippen molar-refractivity contribution in [3.05, 3.63) is 36.0 Å². The molecule has 1 unspecified atom stereocenters. The van der Waals surface area contributed by atoms with Crippen LogP contribution in [-0.4, -0.2) is 60.7 Å². The van der Waals surface area contributed by atoms with Crippen LogP contribution in [0.1, 0.15) is 24.8 Å². The van der Waals surface area contributed by atoms with Crippen molar-refractivity contribution in [3.63, 3.8) is 0 Å². The quantitative estimate of drug-likeness (QED) is 0.729. The Morgan fingerprint density at radius 2 is 2.19 bits per heavy atom. The number of hydrogen-bond acceptors (Lipinski definition) is 3. The first kappa shape index (κ1) is 19.4. The van der Waals surface area contributed by atoms with Gasteiger partial charge in [0.25, 0.3) is 5.91 Å². The number of para-hydroxylation sites is 1. The minimum atomic E-state index is -2.03. The molecule has 1 aromatic heterocycles. The topological polar surface area (TPSA) is 74.4 Å². The van der Waals surface area contributed by atoms with Crippen LogP contribution < -0.4 is 5.32 Å². The van der Waals surface area contributed by atoms with E-state index in [0.717, 1.165) is 16.5 Å². The lowest BCUT2D eigenvalue weighted by molar-refractivity contribution is -0.143. The van der Waals surface area contributed by atoms with Gasteiger partial charge in [-0.25, -0.2) is 4.39 Å². The third-order valence-corrected chi connectivity index (χ3v) is 5.08. The first-order chi connectivity index (χ1) is 13.0. The van der Waals surface area contributed by atoms with Crippen LogP contribution in [0, 0.1) is 0 Å². The van der Waals surface area contributed by atoms with Gasteiger partial charge in [0.2, 0.25) is 11.6 Å². The minimum Gasteiger partial charge on any atom is -0.383 e. The molecule has 1 saturated heterocycles. The molecule has 0 saturated carbocycles. The number of aromatic amines is 1. The summed E-state index contributed by atoms with van der Waals surface area (Å²) in [5, 5.41) is 3.65. The van der Waals surface area contributed by atoms with Crippen LogP contribution in [0.5, 0.6) is 0 Å². The number of methoxy groups -OCH3 is 1. The fourth-order valence-corrected chi connectivity index (χ4v) is 3.57. The Labute approximate surface area is 158 Å². The number of carbonyl (C=O) groups is 2. The van der Waals surface area contributed by atoms with E-state index in [1.54, 1.807) is 0 Å². The molecule has 0 aliphatic carbocycles. The summed E-state index contributed by atoms with van der Waals surface area (Å²) in [4.78, 5) is 29.4. The van der Waals surface area contributed by atoms with E-state index < -0.39 is 11.6 Å². The lowest BCUT2D eigenvalue weighted by atomic mass is 9.93. The number of aryl methyl sites for hydroxylation is 1. The van der Waals surface area contributed by atoms with Crippen LogP contribution in [0.2, 0.25) is 0 Å². The zero-order valence-electron chi connectivity index (χ0n) is 15.6. The van der Waals surface area contributed by atoms with E-state index in [2.05, 4.69) is 10.3 Å². The normalized spacial score (nSPS) is 20.0. The molecule has 2 aromatic rings. The van der Waals surface area contributed by atoms with Gasteiger partial charge < -0.3 is 19.9 Å². The van der Waals surface area contributed by atoms with Gasteiger partial charge in [0, 0.05) is 43.7 Å². The molecular weight excluding hydrogens is 349 g/mol. The molecule has 27 heavy (non-hydrogen) atoms. The average molecular weight is 375 g/mol. The van der Waals surface area contributed by atoms with Crippen molar-refractivity contribution in [2.24, 2.45) is 0 Å². The number of H-pyrrole nitrogens is 1. The maximum atomic E-state index is 15.1. The maximum absolute atomic E-state index is 15.1. The predicted molar refractivity (Wildman–Crippen MR) is 101 cm³/mol. The summed E-state index contributed by atoms with van der Waals surface area (Å²) in [6.07, 6.45) is 3.41. The Kier molecular flexibility index (Phi) is 6.11. The molecule has 2 amide bonds. The highest BCUT2D eigenvalue weighted by molar-refractivity contribution is 5.87. The lowest BCUT2D eigenvalue weighted by Gasteiger charge is -2.36. The van der Waals surface area contributed by atoms with Crippen LogP contribution in [0.3, 0.4) is 0 Å². The van der Waals surface area contributed by atoms with Gasteiger partial charge in [-0.05, 0) is 30.9 Å². The zero-order valence-corrected chi connectivity index (χ0v) is 15.6. The standard InChI is InChI=1S/C20H26FN3O3/c1-27-12-10-22-19(26)20(21)9-4-11-24(14-20)18(25)8-7-15-13-23-17-6-3-2-5-16(15)17/h2-3,5-6,13,23H,4,7-12,14H2,1H3,(H,22,26). The highest BCUT2D eigenvalue weighted by atomic mass is 19.1. The minimum absolute atomic E-state index is 0.119. The highest BCUT2D eigenvalue weighted by Crippen LogP contribution is 2.27. The SMILES string of the molecule is COCCNC(=O)C1(F)CCCN(C(=O)CCc2c[nH]c3ccccc23)C1. The fraction of sp³-hybridized carbons (Fsp3) is 0.500. The highest BCUT2D eigenvalue weighted by Gasteiger charge is 2.43. The summed E-state index contributed by atoms with van der Waals surface area (Å²) >= 11 is 0. The van der Waals surface area contributed by atoms with Gasteiger partial charge in [0.05, 0.1) is 13.2 Å². The third kappa shape index (κ3) is 4.47. The molecule has 1 atom stereocenters. The maximum Gasteiger partial charge on any atom is 0.259 e. The number of likely N-dealkylation sites (tertiary alicyclic amines) is 1. The molecule has 1 fully saturated rings. The summed E-state index contributed by atoms with van der Waals surface area (Å²) in [7, 11) is 1.52. The zero-order chi connectivity index (χ0) is 19.3. The van der Waals surface area contributed by atoms with Gasteiger partial charge in [-0.15, -0.1) is 0 Å². The molecule has 1 aliphatic heterocycles. The van der Waals surface area contributed by atoms with Crippen LogP contribution in [0.15, 0.2) is 30.5 Å². The molecule has 1 aliphatic rings. The van der Waals surface area contributed by atoms with Gasteiger partial charge in [-0.1, -0.05) is 18.2 Å². The second-order valence-electron chi connectivity index (χ2n) is 6.99. The first-order valence-corrected chi connectivity index (χ1v) is 9.32. The molecule has 0 bridgehead atoms. The average Bonchev–Trinajstić information content (AvgIpc) is 3.09. The van der Waals surface area contributed by atoms with Crippen molar-refractivity contribution in [3.8, 4) is 0 Å². The van der Waals surface area contributed by atoms with Crippen molar-refractivity contribution < 1.29 is 18.7 Å². The van der Waals surface area contributed by atoms with E-state index in [0.29, 0.717) is 32.4 Å². The number of amides is 2. The number of aromatic nitrogens is 1. The molecule has 0 spiro atoms. The number of ether oxygens (including phenoxy) is 1. The smallest absolute Gasteiger partial charge is 0.259 e. The lowest BCUT2D eigenvalue weighted by Crippen LogP contribution is -2.56. The van der Waals surface area contributed by atoms with E-state index in [4.69, 9.17) is 4.74 Å². The van der Waals surface area contributed by atoms with Gasteiger partial charge in [0.1, 0.15) is 0 Å². The van der Waals surface area contributed by atoms with Gasteiger partial charge in [-0.3, -0.25) is 9.59 Å². The second kappa shape index (κ2) is 8.52. The monoisotopic (exact) mass is 375 g/mol. The van der Waals surface area contributed by atoms with Crippen molar-refractivity contribution in [2.45, 2.75) is 31.4 Å². The van der Waals surface area contributed by atoms with Crippen LogP contribution in [0.4, 0.5) is 4.39 Å². The van der Waals surface area contributed by atoms with E-state index in [9.17, 15) is 9.59 Å². The summed E-state index contributed by atoms with van der Waals surface area (Å²) < 4.78 is 19.9. The molecule has 146 valence electrons. The number of hydrogen-bond donors (Lipinski definition) is 2. The fourth-order valence-electron chi connectivity index (χ4n) is 3.57.